The molecular weight excluding hydrogens is 272 g/mol. The molecular formula is C13H17F2NO2S. The SMILES string of the molecule is CCC(C)(CO)NC(=O)c1ccccc1SC(F)F. The third kappa shape index (κ3) is 4.47. The van der Waals surface area contributed by atoms with E-state index in [4.69, 9.17) is 0 Å². The van der Waals surface area contributed by atoms with Crippen molar-refractivity contribution in [3.05, 3.63) is 29.8 Å². The Morgan fingerprint density at radius 2 is 2.11 bits per heavy atom. The van der Waals surface area contributed by atoms with Crippen LogP contribution in [0.5, 0.6) is 0 Å². The maximum Gasteiger partial charge on any atom is 0.288 e. The number of hydrogen-bond acceptors (Lipinski definition) is 3. The van der Waals surface area contributed by atoms with Crippen LogP contribution in [0.25, 0.3) is 0 Å². The second-order valence-corrected chi connectivity index (χ2v) is 5.43. The number of thioether (sulfide) groups is 1. The van der Waals surface area contributed by atoms with E-state index >= 15 is 0 Å². The zero-order valence-electron chi connectivity index (χ0n) is 10.8. The summed E-state index contributed by atoms with van der Waals surface area (Å²) in [6, 6.07) is 6.20. The second kappa shape index (κ2) is 6.86. The number of benzene rings is 1. The number of hydrogen-bond donors (Lipinski definition) is 2. The fraction of sp³-hybridized carbons (Fsp3) is 0.462. The van der Waals surface area contributed by atoms with Crippen LogP contribution in [-0.4, -0.2) is 28.9 Å². The molecule has 106 valence electrons. The summed E-state index contributed by atoms with van der Waals surface area (Å²) in [4.78, 5) is 12.3. The first-order chi connectivity index (χ1) is 8.91. The van der Waals surface area contributed by atoms with Crippen LogP contribution in [0.2, 0.25) is 0 Å². The fourth-order valence-electron chi connectivity index (χ4n) is 1.43. The van der Waals surface area contributed by atoms with Crippen LogP contribution in [0.15, 0.2) is 29.2 Å². The van der Waals surface area contributed by atoms with Crippen molar-refractivity contribution in [1.29, 1.82) is 0 Å². The second-order valence-electron chi connectivity index (χ2n) is 4.40. The van der Waals surface area contributed by atoms with Gasteiger partial charge in [0.05, 0.1) is 17.7 Å². The van der Waals surface area contributed by atoms with E-state index in [0.29, 0.717) is 18.2 Å². The van der Waals surface area contributed by atoms with Gasteiger partial charge in [0.15, 0.2) is 0 Å². The molecule has 6 heteroatoms. The van der Waals surface area contributed by atoms with Gasteiger partial charge in [0.25, 0.3) is 11.7 Å². The van der Waals surface area contributed by atoms with Crippen molar-refractivity contribution in [3.8, 4) is 0 Å². The summed E-state index contributed by atoms with van der Waals surface area (Å²) in [6.45, 7) is 3.32. The molecule has 0 aliphatic carbocycles. The van der Waals surface area contributed by atoms with Crippen LogP contribution in [0.1, 0.15) is 30.6 Å². The van der Waals surface area contributed by atoms with E-state index in [2.05, 4.69) is 5.32 Å². The van der Waals surface area contributed by atoms with Crippen molar-refractivity contribution < 1.29 is 18.7 Å². The molecule has 0 bridgehead atoms. The molecule has 0 aromatic heterocycles. The number of carbonyl (C=O) groups is 1. The molecule has 0 saturated heterocycles. The average molecular weight is 289 g/mol. The minimum atomic E-state index is -2.58. The molecule has 1 atom stereocenters. The highest BCUT2D eigenvalue weighted by molar-refractivity contribution is 7.99. The molecule has 0 radical (unpaired) electrons. The van der Waals surface area contributed by atoms with E-state index < -0.39 is 17.2 Å². The van der Waals surface area contributed by atoms with E-state index in [1.807, 2.05) is 6.92 Å². The van der Waals surface area contributed by atoms with Gasteiger partial charge in [-0.1, -0.05) is 30.8 Å². The maximum atomic E-state index is 12.4. The molecule has 0 fully saturated rings. The van der Waals surface area contributed by atoms with Crippen LogP contribution in [0.3, 0.4) is 0 Å². The molecule has 1 unspecified atom stereocenters. The molecule has 0 spiro atoms. The predicted octanol–water partition coefficient (Wildman–Crippen LogP) is 2.89. The molecule has 1 aromatic rings. The Bertz CT molecular complexity index is 436. The minimum absolute atomic E-state index is 0.195. The zero-order valence-corrected chi connectivity index (χ0v) is 11.6. The lowest BCUT2D eigenvalue weighted by molar-refractivity contribution is 0.0844. The number of alkyl halides is 2. The van der Waals surface area contributed by atoms with Crippen molar-refractivity contribution in [3.63, 3.8) is 0 Å². The van der Waals surface area contributed by atoms with Crippen molar-refractivity contribution in [1.82, 2.24) is 5.32 Å². The van der Waals surface area contributed by atoms with Crippen LogP contribution < -0.4 is 5.32 Å². The number of halogens is 2. The Balaban J connectivity index is 2.93. The van der Waals surface area contributed by atoms with Crippen molar-refractivity contribution in [2.45, 2.75) is 36.5 Å². The standard InChI is InChI=1S/C13H17F2NO2S/c1-3-13(2,8-17)16-11(18)9-6-4-5-7-10(9)19-12(14)15/h4-7,12,17H,3,8H2,1-2H3,(H,16,18). The summed E-state index contributed by atoms with van der Waals surface area (Å²) < 4.78 is 24.9. The summed E-state index contributed by atoms with van der Waals surface area (Å²) in [5.74, 6) is -3.04. The lowest BCUT2D eigenvalue weighted by atomic mass is 9.99. The Labute approximate surface area is 115 Å². The quantitative estimate of drug-likeness (QED) is 0.792. The summed E-state index contributed by atoms with van der Waals surface area (Å²) in [6.07, 6.45) is 0.541. The first-order valence-corrected chi connectivity index (χ1v) is 6.77. The van der Waals surface area contributed by atoms with Gasteiger partial charge in [-0.2, -0.15) is 8.78 Å². The molecule has 2 N–H and O–H groups in total. The Kier molecular flexibility index (Phi) is 5.75. The largest absolute Gasteiger partial charge is 0.394 e. The van der Waals surface area contributed by atoms with Crippen molar-refractivity contribution >= 4 is 17.7 Å². The van der Waals surface area contributed by atoms with Crippen LogP contribution >= 0.6 is 11.8 Å². The van der Waals surface area contributed by atoms with Gasteiger partial charge in [0, 0.05) is 4.90 Å². The van der Waals surface area contributed by atoms with Gasteiger partial charge < -0.3 is 10.4 Å². The number of carbonyl (C=O) groups excluding carboxylic acids is 1. The first kappa shape index (κ1) is 15.9. The highest BCUT2D eigenvalue weighted by Gasteiger charge is 2.25. The molecule has 19 heavy (non-hydrogen) atoms. The third-order valence-electron chi connectivity index (χ3n) is 2.89. The number of aliphatic hydroxyl groups excluding tert-OH is 1. The lowest BCUT2D eigenvalue weighted by Gasteiger charge is -2.27. The molecule has 0 saturated carbocycles. The third-order valence-corrected chi connectivity index (χ3v) is 3.68. The molecule has 1 rings (SSSR count). The van der Waals surface area contributed by atoms with Gasteiger partial charge in [-0.25, -0.2) is 0 Å². The highest BCUT2D eigenvalue weighted by Crippen LogP contribution is 2.28. The van der Waals surface area contributed by atoms with E-state index in [0.717, 1.165) is 0 Å². The van der Waals surface area contributed by atoms with Gasteiger partial charge in [-0.3, -0.25) is 4.79 Å². The number of nitrogens with one attached hydrogen (secondary N) is 1. The molecule has 0 aliphatic rings. The first-order valence-electron chi connectivity index (χ1n) is 5.89. The topological polar surface area (TPSA) is 49.3 Å². The van der Waals surface area contributed by atoms with Gasteiger partial charge in [-0.05, 0) is 25.5 Å². The van der Waals surface area contributed by atoms with E-state index in [-0.39, 0.29) is 17.1 Å². The van der Waals surface area contributed by atoms with E-state index in [1.54, 1.807) is 19.1 Å². The Hall–Kier alpha value is -1.14. The average Bonchev–Trinajstić information content (AvgIpc) is 2.38. The van der Waals surface area contributed by atoms with Gasteiger partial charge >= 0.3 is 0 Å². The molecule has 0 heterocycles. The fourth-order valence-corrected chi connectivity index (χ4v) is 2.07. The van der Waals surface area contributed by atoms with Gasteiger partial charge in [0.1, 0.15) is 0 Å². The Morgan fingerprint density at radius 3 is 2.63 bits per heavy atom. The van der Waals surface area contributed by atoms with Gasteiger partial charge in [0.2, 0.25) is 0 Å². The zero-order chi connectivity index (χ0) is 14.5. The molecule has 3 nitrogen and oxygen atoms in total. The number of aliphatic hydroxyl groups is 1. The summed E-state index contributed by atoms with van der Waals surface area (Å²) in [5.41, 5.74) is -0.555. The van der Waals surface area contributed by atoms with Crippen LogP contribution in [-0.2, 0) is 0 Å². The normalized spacial score (nSPS) is 14.2. The van der Waals surface area contributed by atoms with Crippen molar-refractivity contribution in [2.75, 3.05) is 6.61 Å². The minimum Gasteiger partial charge on any atom is -0.394 e. The molecule has 0 aliphatic heterocycles. The van der Waals surface area contributed by atoms with Crippen molar-refractivity contribution in [2.24, 2.45) is 0 Å². The summed E-state index contributed by atoms with van der Waals surface area (Å²) in [7, 11) is 0. The molecule has 1 aromatic carbocycles. The van der Waals surface area contributed by atoms with Gasteiger partial charge in [-0.15, -0.1) is 0 Å². The summed E-state index contributed by atoms with van der Waals surface area (Å²) in [5, 5.41) is 11.9. The van der Waals surface area contributed by atoms with E-state index in [9.17, 15) is 18.7 Å². The predicted molar refractivity (Wildman–Crippen MR) is 71.6 cm³/mol. The summed E-state index contributed by atoms with van der Waals surface area (Å²) >= 11 is 0.338. The van der Waals surface area contributed by atoms with Crippen LogP contribution in [0.4, 0.5) is 8.78 Å². The molecule has 1 amide bonds. The smallest absolute Gasteiger partial charge is 0.288 e. The Morgan fingerprint density at radius 1 is 1.47 bits per heavy atom. The number of amides is 1. The monoisotopic (exact) mass is 289 g/mol. The number of rotatable bonds is 6. The maximum absolute atomic E-state index is 12.4. The lowest BCUT2D eigenvalue weighted by Crippen LogP contribution is -2.48. The highest BCUT2D eigenvalue weighted by atomic mass is 32.2. The van der Waals surface area contributed by atoms with Crippen LogP contribution in [0, 0.1) is 0 Å². The van der Waals surface area contributed by atoms with E-state index in [1.165, 1.54) is 12.1 Å².